The minimum absolute atomic E-state index is 0.175. The van der Waals surface area contributed by atoms with Crippen molar-refractivity contribution in [3.8, 4) is 0 Å². The average Bonchev–Trinajstić information content (AvgIpc) is 3.06. The van der Waals surface area contributed by atoms with Crippen molar-refractivity contribution in [3.63, 3.8) is 0 Å². The number of nitrogens with one attached hydrogen (secondary N) is 1. The number of carbonyl (C=O) groups is 1. The quantitative estimate of drug-likeness (QED) is 0.744. The molecular formula is C21H24BrN3O. The summed E-state index contributed by atoms with van der Waals surface area (Å²) < 4.78 is 2.10. The van der Waals surface area contributed by atoms with Crippen molar-refractivity contribution in [1.82, 2.24) is 9.78 Å². The van der Waals surface area contributed by atoms with Crippen LogP contribution in [0.5, 0.6) is 0 Å². The van der Waals surface area contributed by atoms with E-state index >= 15 is 0 Å². The second kappa shape index (κ2) is 5.95. The number of aromatic nitrogens is 2. The van der Waals surface area contributed by atoms with Crippen molar-refractivity contribution in [2.75, 3.05) is 5.32 Å². The number of hydrogen-bond acceptors (Lipinski definition) is 2. The third-order valence-electron chi connectivity index (χ3n) is 6.56. The predicted molar refractivity (Wildman–Crippen MR) is 105 cm³/mol. The van der Waals surface area contributed by atoms with Gasteiger partial charge in [-0.05, 0) is 74.1 Å². The number of halogens is 1. The number of amides is 1. The second-order valence-corrected chi connectivity index (χ2v) is 10.4. The minimum atomic E-state index is -0.175. The van der Waals surface area contributed by atoms with Gasteiger partial charge in [-0.1, -0.05) is 28.1 Å². The van der Waals surface area contributed by atoms with Gasteiger partial charge >= 0.3 is 0 Å². The van der Waals surface area contributed by atoms with Gasteiger partial charge in [0.05, 0.1) is 12.0 Å². The van der Waals surface area contributed by atoms with E-state index in [0.29, 0.717) is 11.8 Å². The first-order valence-electron chi connectivity index (χ1n) is 9.59. The molecule has 4 aliphatic rings. The van der Waals surface area contributed by atoms with E-state index < -0.39 is 0 Å². The van der Waals surface area contributed by atoms with Crippen LogP contribution in [0.25, 0.3) is 0 Å². The Balaban J connectivity index is 1.34. The molecule has 1 N–H and O–H groups in total. The molecule has 4 bridgehead atoms. The van der Waals surface area contributed by atoms with Gasteiger partial charge in [0.2, 0.25) is 5.91 Å². The molecule has 4 saturated carbocycles. The molecule has 1 heterocycles. The summed E-state index contributed by atoms with van der Waals surface area (Å²) in [5.41, 5.74) is 1.87. The Bertz CT molecular complexity index is 818. The van der Waals surface area contributed by atoms with Crippen LogP contribution in [0.15, 0.2) is 42.7 Å². The Kier molecular flexibility index (Phi) is 3.78. The normalized spacial score (nSPS) is 34.8. The number of hydrogen-bond donors (Lipinski definition) is 1. The molecule has 2 aromatic rings. The molecule has 6 rings (SSSR count). The van der Waals surface area contributed by atoms with Crippen molar-refractivity contribution in [2.45, 2.75) is 49.4 Å². The molecule has 4 fully saturated rings. The van der Waals surface area contributed by atoms with Gasteiger partial charge in [-0.15, -0.1) is 0 Å². The number of benzene rings is 1. The van der Waals surface area contributed by atoms with E-state index in [1.54, 1.807) is 6.20 Å². The zero-order valence-electron chi connectivity index (χ0n) is 14.8. The van der Waals surface area contributed by atoms with Crippen LogP contribution in [0.4, 0.5) is 5.69 Å². The lowest BCUT2D eigenvalue weighted by Crippen LogP contribution is -2.57. The number of anilines is 1. The van der Waals surface area contributed by atoms with Gasteiger partial charge in [-0.2, -0.15) is 5.10 Å². The van der Waals surface area contributed by atoms with Gasteiger partial charge in [0.25, 0.3) is 0 Å². The van der Waals surface area contributed by atoms with E-state index in [0.717, 1.165) is 37.1 Å². The van der Waals surface area contributed by atoms with E-state index in [-0.39, 0.29) is 15.6 Å². The number of carbonyl (C=O) groups excluding carboxylic acids is 1. The second-order valence-electron chi connectivity index (χ2n) is 8.75. The Morgan fingerprint density at radius 2 is 2.04 bits per heavy atom. The summed E-state index contributed by atoms with van der Waals surface area (Å²) in [6, 6.07) is 10.1. The Morgan fingerprint density at radius 3 is 2.73 bits per heavy atom. The fourth-order valence-corrected chi connectivity index (χ4v) is 7.46. The molecule has 136 valence electrons. The number of nitrogens with zero attached hydrogens (tertiary/aromatic N) is 2. The topological polar surface area (TPSA) is 46.9 Å². The Hall–Kier alpha value is -1.62. The van der Waals surface area contributed by atoms with E-state index in [4.69, 9.17) is 0 Å². The molecule has 1 amide bonds. The molecule has 26 heavy (non-hydrogen) atoms. The van der Waals surface area contributed by atoms with Crippen LogP contribution in [-0.4, -0.2) is 20.0 Å². The maximum absolute atomic E-state index is 13.3. The van der Waals surface area contributed by atoms with E-state index in [1.165, 1.54) is 19.3 Å². The van der Waals surface area contributed by atoms with Crippen LogP contribution in [0, 0.1) is 17.3 Å². The largest absolute Gasteiger partial charge is 0.326 e. The number of alkyl halides is 1. The third kappa shape index (κ3) is 2.90. The first-order chi connectivity index (χ1) is 12.5. The van der Waals surface area contributed by atoms with Crippen LogP contribution >= 0.6 is 15.9 Å². The third-order valence-corrected chi connectivity index (χ3v) is 7.49. The fourth-order valence-electron chi connectivity index (χ4n) is 6.01. The lowest BCUT2D eigenvalue weighted by Gasteiger charge is -2.59. The summed E-state index contributed by atoms with van der Waals surface area (Å²) >= 11 is 4.00. The van der Waals surface area contributed by atoms with E-state index in [1.807, 2.05) is 29.1 Å². The number of rotatable bonds is 4. The summed E-state index contributed by atoms with van der Waals surface area (Å²) in [7, 11) is 0. The molecule has 2 unspecified atom stereocenters. The van der Waals surface area contributed by atoms with Crippen molar-refractivity contribution in [3.05, 3.63) is 48.3 Å². The molecule has 0 spiro atoms. The molecule has 1 aromatic carbocycles. The molecular weight excluding hydrogens is 390 g/mol. The van der Waals surface area contributed by atoms with Crippen molar-refractivity contribution < 1.29 is 4.79 Å². The smallest absolute Gasteiger partial charge is 0.230 e. The van der Waals surface area contributed by atoms with Crippen molar-refractivity contribution in [2.24, 2.45) is 17.3 Å². The maximum Gasteiger partial charge on any atom is 0.230 e. The maximum atomic E-state index is 13.3. The lowest BCUT2D eigenvalue weighted by atomic mass is 9.49. The zero-order chi connectivity index (χ0) is 17.8. The van der Waals surface area contributed by atoms with E-state index in [2.05, 4.69) is 38.5 Å². The summed E-state index contributed by atoms with van der Waals surface area (Å²) in [5.74, 6) is 1.66. The van der Waals surface area contributed by atoms with Gasteiger partial charge in [0.15, 0.2) is 0 Å². The molecule has 1 aromatic heterocycles. The highest BCUT2D eigenvalue weighted by atomic mass is 79.9. The summed E-state index contributed by atoms with van der Waals surface area (Å²) in [5, 5.41) is 7.51. The highest BCUT2D eigenvalue weighted by Gasteiger charge is 2.59. The lowest BCUT2D eigenvalue weighted by molar-refractivity contribution is -0.138. The standard InChI is InChI=1S/C21H24BrN3O/c22-21-11-16-7-17(12-21)10-20(9-16,14-21)19(26)24-18-4-1-3-15(8-18)13-25-6-2-5-23-25/h1-6,8,16-17H,7,9-14H2,(H,24,26). The van der Waals surface area contributed by atoms with Crippen LogP contribution in [0.1, 0.15) is 44.1 Å². The molecule has 0 saturated heterocycles. The predicted octanol–water partition coefficient (Wildman–Crippen LogP) is 4.60. The fraction of sp³-hybridized carbons (Fsp3) is 0.524. The van der Waals surface area contributed by atoms with Crippen LogP contribution in [0.2, 0.25) is 0 Å². The van der Waals surface area contributed by atoms with E-state index in [9.17, 15) is 4.79 Å². The zero-order valence-corrected chi connectivity index (χ0v) is 16.4. The van der Waals surface area contributed by atoms with Gasteiger partial charge in [-0.25, -0.2) is 0 Å². The van der Waals surface area contributed by atoms with Crippen LogP contribution in [-0.2, 0) is 11.3 Å². The summed E-state index contributed by atoms with van der Waals surface area (Å²) in [6.07, 6.45) is 10.7. The summed E-state index contributed by atoms with van der Waals surface area (Å²) in [6.45, 7) is 0.719. The SMILES string of the molecule is O=C(Nc1cccc(Cn2cccn2)c1)C12CC3CC(CC(Br)(C3)C1)C2. The molecule has 4 nitrogen and oxygen atoms in total. The monoisotopic (exact) mass is 413 g/mol. The highest BCUT2D eigenvalue weighted by molar-refractivity contribution is 9.10. The van der Waals surface area contributed by atoms with Gasteiger partial charge < -0.3 is 5.32 Å². The average molecular weight is 414 g/mol. The molecule has 0 radical (unpaired) electrons. The highest BCUT2D eigenvalue weighted by Crippen LogP contribution is 2.64. The van der Waals surface area contributed by atoms with Gasteiger partial charge in [-0.3, -0.25) is 9.48 Å². The Labute approximate surface area is 162 Å². The molecule has 0 aliphatic heterocycles. The first kappa shape index (κ1) is 16.5. The first-order valence-corrected chi connectivity index (χ1v) is 10.4. The minimum Gasteiger partial charge on any atom is -0.326 e. The van der Waals surface area contributed by atoms with Crippen molar-refractivity contribution >= 4 is 27.5 Å². The van der Waals surface area contributed by atoms with Gasteiger partial charge in [0.1, 0.15) is 0 Å². The van der Waals surface area contributed by atoms with Crippen LogP contribution < -0.4 is 5.32 Å². The summed E-state index contributed by atoms with van der Waals surface area (Å²) in [4.78, 5) is 13.3. The molecule has 4 aliphatic carbocycles. The Morgan fingerprint density at radius 1 is 1.23 bits per heavy atom. The van der Waals surface area contributed by atoms with Crippen LogP contribution in [0.3, 0.4) is 0 Å². The van der Waals surface area contributed by atoms with Gasteiger partial charge in [0, 0.05) is 22.4 Å². The molecule has 2 atom stereocenters. The molecule has 5 heteroatoms. The van der Waals surface area contributed by atoms with Crippen molar-refractivity contribution in [1.29, 1.82) is 0 Å².